The van der Waals surface area contributed by atoms with Crippen LogP contribution in [0.3, 0.4) is 0 Å². The number of pyridine rings is 2. The smallest absolute Gasteiger partial charge is 0.350 e. The van der Waals surface area contributed by atoms with Crippen LogP contribution >= 0.6 is 0 Å². The summed E-state index contributed by atoms with van der Waals surface area (Å²) in [7, 11) is 3.30. The number of anilines is 2. The Labute approximate surface area is 281 Å². The lowest BCUT2D eigenvalue weighted by atomic mass is 10.1. The standard InChI is InChI=1S/C37H36N8O4/c1-22-16-30(36(48)42(3)20-22)39-19-32(46)26-6-5-7-28(17-26)40-35(47)33-34-27(14-15-38-33)18-31(44(34)21-24-8-9-24)25-10-12-29(13-11-25)45-23(2)41-43(4)37(45)49/h5-7,10-18,20,24,39H,8-9,19,21H2,1-4H3,(H,40,47). The Morgan fingerprint density at radius 2 is 1.73 bits per heavy atom. The van der Waals surface area contributed by atoms with Crippen LogP contribution in [0.5, 0.6) is 0 Å². The number of carbonyl (C=O) groups is 2. The molecule has 1 aliphatic carbocycles. The molecule has 1 amide bonds. The van der Waals surface area contributed by atoms with Gasteiger partial charge in [-0.1, -0.05) is 24.3 Å². The lowest BCUT2D eigenvalue weighted by molar-refractivity contribution is 0.100. The Balaban J connectivity index is 1.16. The van der Waals surface area contributed by atoms with Gasteiger partial charge in [-0.2, -0.15) is 5.10 Å². The summed E-state index contributed by atoms with van der Waals surface area (Å²) in [6.45, 7) is 4.34. The van der Waals surface area contributed by atoms with Crippen molar-refractivity contribution < 1.29 is 9.59 Å². The molecule has 0 unspecified atom stereocenters. The summed E-state index contributed by atoms with van der Waals surface area (Å²) >= 11 is 0. The molecule has 0 radical (unpaired) electrons. The van der Waals surface area contributed by atoms with Crippen LogP contribution in [0.1, 0.15) is 45.1 Å². The average Bonchev–Trinajstić information content (AvgIpc) is 3.78. The third-order valence-corrected chi connectivity index (χ3v) is 8.87. The maximum atomic E-state index is 13.8. The molecular weight excluding hydrogens is 620 g/mol. The summed E-state index contributed by atoms with van der Waals surface area (Å²) < 4.78 is 6.54. The van der Waals surface area contributed by atoms with E-state index in [0.717, 1.165) is 52.8 Å². The lowest BCUT2D eigenvalue weighted by Crippen LogP contribution is -2.24. The number of rotatable bonds is 10. The van der Waals surface area contributed by atoms with E-state index in [-0.39, 0.29) is 35.2 Å². The normalized spacial score (nSPS) is 12.7. The molecule has 12 heteroatoms. The predicted octanol–water partition coefficient (Wildman–Crippen LogP) is 4.86. The molecule has 7 rings (SSSR count). The van der Waals surface area contributed by atoms with Crippen LogP contribution in [0.2, 0.25) is 0 Å². The van der Waals surface area contributed by atoms with Gasteiger partial charge in [0.1, 0.15) is 11.5 Å². The fourth-order valence-electron chi connectivity index (χ4n) is 6.28. The maximum absolute atomic E-state index is 13.8. The second-order valence-corrected chi connectivity index (χ2v) is 12.7. The second-order valence-electron chi connectivity index (χ2n) is 12.7. The van der Waals surface area contributed by atoms with Gasteiger partial charge in [0, 0.05) is 55.4 Å². The van der Waals surface area contributed by atoms with E-state index in [2.05, 4.69) is 31.3 Å². The second kappa shape index (κ2) is 12.5. The van der Waals surface area contributed by atoms with Crippen molar-refractivity contribution in [3.63, 3.8) is 0 Å². The third-order valence-electron chi connectivity index (χ3n) is 8.87. The largest absolute Gasteiger partial charge is 0.373 e. The number of nitrogens with zero attached hydrogens (tertiary/aromatic N) is 6. The van der Waals surface area contributed by atoms with Crippen molar-refractivity contribution in [3.8, 4) is 16.9 Å². The minimum absolute atomic E-state index is 0.0754. The molecule has 0 aliphatic heterocycles. The van der Waals surface area contributed by atoms with Crippen LogP contribution in [-0.4, -0.2) is 46.7 Å². The molecule has 4 heterocycles. The number of hydrogen-bond donors (Lipinski definition) is 2. The number of aromatic nitrogens is 6. The highest BCUT2D eigenvalue weighted by molar-refractivity contribution is 6.12. The molecule has 1 fully saturated rings. The first-order valence-electron chi connectivity index (χ1n) is 16.1. The quantitative estimate of drug-likeness (QED) is 0.201. The van der Waals surface area contributed by atoms with Gasteiger partial charge in [0.05, 0.1) is 17.7 Å². The maximum Gasteiger partial charge on any atom is 0.350 e. The molecule has 49 heavy (non-hydrogen) atoms. The minimum Gasteiger partial charge on any atom is -0.373 e. The van der Waals surface area contributed by atoms with Gasteiger partial charge in [-0.3, -0.25) is 14.4 Å². The van der Waals surface area contributed by atoms with Gasteiger partial charge < -0.3 is 19.8 Å². The number of carbonyl (C=O) groups excluding carboxylic acids is 2. The van der Waals surface area contributed by atoms with Crippen molar-refractivity contribution in [1.82, 2.24) is 28.5 Å². The molecule has 248 valence electrons. The molecule has 1 saturated carbocycles. The van der Waals surface area contributed by atoms with Gasteiger partial charge >= 0.3 is 5.69 Å². The predicted molar refractivity (Wildman–Crippen MR) is 189 cm³/mol. The van der Waals surface area contributed by atoms with Gasteiger partial charge in [-0.25, -0.2) is 19.0 Å². The fraction of sp³-hybridized carbons (Fsp3) is 0.243. The van der Waals surface area contributed by atoms with E-state index in [4.69, 9.17) is 0 Å². The van der Waals surface area contributed by atoms with Gasteiger partial charge in [0.15, 0.2) is 11.5 Å². The summed E-state index contributed by atoms with van der Waals surface area (Å²) in [5, 5.41) is 11.0. The number of Topliss-reactive ketones (excluding diaryl/α,β-unsaturated/α-hetero) is 1. The van der Waals surface area contributed by atoms with Crippen LogP contribution in [-0.2, 0) is 20.6 Å². The summed E-state index contributed by atoms with van der Waals surface area (Å²) in [6, 6.07) is 20.2. The van der Waals surface area contributed by atoms with Gasteiger partial charge in [0.25, 0.3) is 11.5 Å². The minimum atomic E-state index is -0.389. The fourth-order valence-corrected chi connectivity index (χ4v) is 6.28. The number of fused-ring (bicyclic) bond motifs is 1. The summed E-state index contributed by atoms with van der Waals surface area (Å²) in [6.07, 6.45) is 5.60. The molecule has 0 saturated heterocycles. The van der Waals surface area contributed by atoms with Crippen LogP contribution in [0.4, 0.5) is 11.4 Å². The van der Waals surface area contributed by atoms with Crippen LogP contribution in [0.25, 0.3) is 27.8 Å². The van der Waals surface area contributed by atoms with Gasteiger partial charge in [-0.05, 0) is 86.2 Å². The first-order chi connectivity index (χ1) is 23.6. The van der Waals surface area contributed by atoms with E-state index in [9.17, 15) is 19.2 Å². The molecule has 0 spiro atoms. The number of nitrogens with one attached hydrogen (secondary N) is 2. The third kappa shape index (κ3) is 6.20. The topological polar surface area (TPSA) is 138 Å². The average molecular weight is 657 g/mol. The summed E-state index contributed by atoms with van der Waals surface area (Å²) in [4.78, 5) is 56.5. The number of ketones is 1. The Morgan fingerprint density at radius 1 is 0.959 bits per heavy atom. The highest BCUT2D eigenvalue weighted by Gasteiger charge is 2.26. The summed E-state index contributed by atoms with van der Waals surface area (Å²) in [5.41, 5.74) is 5.32. The molecule has 0 bridgehead atoms. The van der Waals surface area contributed by atoms with Crippen molar-refractivity contribution in [2.75, 3.05) is 17.2 Å². The molecule has 2 aromatic carbocycles. The Hall–Kier alpha value is -6.04. The number of hydrogen-bond acceptors (Lipinski definition) is 7. The highest BCUT2D eigenvalue weighted by atomic mass is 16.2. The van der Waals surface area contributed by atoms with Crippen LogP contribution in [0.15, 0.2) is 88.7 Å². The van der Waals surface area contributed by atoms with Gasteiger partial charge in [-0.15, -0.1) is 0 Å². The SMILES string of the molecule is Cc1cc(NCC(=O)c2cccc(NC(=O)c3nccc4cc(-c5ccc(-n6c(C)nn(C)c6=O)cc5)n(CC5CC5)c34)c2)c(=O)n(C)c1. The van der Waals surface area contributed by atoms with Crippen molar-refractivity contribution in [1.29, 1.82) is 0 Å². The lowest BCUT2D eigenvalue weighted by Gasteiger charge is -2.14. The Kier molecular flexibility index (Phi) is 8.07. The number of benzene rings is 2. The molecule has 4 aromatic heterocycles. The zero-order chi connectivity index (χ0) is 34.4. The first kappa shape index (κ1) is 31.6. The number of aryl methyl sites for hydroxylation is 4. The van der Waals surface area contributed by atoms with Crippen molar-refractivity contribution >= 4 is 34.0 Å². The van der Waals surface area contributed by atoms with Crippen molar-refractivity contribution in [2.24, 2.45) is 20.0 Å². The first-order valence-corrected chi connectivity index (χ1v) is 16.1. The molecule has 0 atom stereocenters. The molecule has 12 nitrogen and oxygen atoms in total. The molecular formula is C37H36N8O4. The van der Waals surface area contributed by atoms with Crippen molar-refractivity contribution in [3.05, 3.63) is 123 Å². The van der Waals surface area contributed by atoms with Crippen LogP contribution < -0.4 is 21.9 Å². The van der Waals surface area contributed by atoms with E-state index >= 15 is 0 Å². The summed E-state index contributed by atoms with van der Waals surface area (Å²) in [5.74, 6) is 0.501. The van der Waals surface area contributed by atoms with Gasteiger partial charge in [0.2, 0.25) is 0 Å². The van der Waals surface area contributed by atoms with E-state index < -0.39 is 0 Å². The Bertz CT molecular complexity index is 2370. The zero-order valence-electron chi connectivity index (χ0n) is 27.7. The monoisotopic (exact) mass is 656 g/mol. The van der Waals surface area contributed by atoms with Crippen LogP contribution in [0, 0.1) is 19.8 Å². The highest BCUT2D eigenvalue weighted by Crippen LogP contribution is 2.37. The molecule has 1 aliphatic rings. The van der Waals surface area contributed by atoms with E-state index in [1.807, 2.05) is 37.3 Å². The van der Waals surface area contributed by atoms with E-state index in [1.54, 1.807) is 68.3 Å². The number of amides is 1. The zero-order valence-corrected chi connectivity index (χ0v) is 27.7. The molecule has 6 aromatic rings. The van der Waals surface area contributed by atoms with Crippen molar-refractivity contribution in [2.45, 2.75) is 33.2 Å². The molecule has 2 N–H and O–H groups in total. The Morgan fingerprint density at radius 3 is 2.45 bits per heavy atom. The van der Waals surface area contributed by atoms with E-state index in [0.29, 0.717) is 28.7 Å². The van der Waals surface area contributed by atoms with E-state index in [1.165, 1.54) is 9.25 Å².